The van der Waals surface area contributed by atoms with E-state index in [1.165, 1.54) is 34.6 Å². The number of aryl methyl sites for hydroxylation is 1. The van der Waals surface area contributed by atoms with Crippen LogP contribution in [0.25, 0.3) is 11.1 Å². The average Bonchev–Trinajstić information content (AvgIpc) is 3.33. The maximum Gasteiger partial charge on any atom is 0.573 e. The van der Waals surface area contributed by atoms with Crippen molar-refractivity contribution in [2.24, 2.45) is 0 Å². The first-order valence-electron chi connectivity index (χ1n) is 11.3. The van der Waals surface area contributed by atoms with E-state index in [1.807, 2.05) is 0 Å². The molecule has 4 rings (SSSR count). The largest absolute Gasteiger partial charge is 0.573 e. The quantitative estimate of drug-likeness (QED) is 0.355. The third kappa shape index (κ3) is 6.11. The predicted octanol–water partition coefficient (Wildman–Crippen LogP) is 5.75. The minimum Gasteiger partial charge on any atom is -0.406 e. The number of sulfonamides is 1. The van der Waals surface area contributed by atoms with Crippen LogP contribution in [0.5, 0.6) is 5.75 Å². The molecule has 0 N–H and O–H groups in total. The Bertz CT molecular complexity index is 1340. The van der Waals surface area contributed by atoms with Crippen LogP contribution >= 0.6 is 0 Å². The van der Waals surface area contributed by atoms with Gasteiger partial charge in [-0.05, 0) is 72.4 Å². The van der Waals surface area contributed by atoms with Gasteiger partial charge in [0.25, 0.3) is 0 Å². The topological polar surface area (TPSA) is 63.7 Å². The molecule has 5 nitrogen and oxygen atoms in total. The number of carbonyl (C=O) groups is 1. The summed E-state index contributed by atoms with van der Waals surface area (Å²) in [6.45, 7) is 0.210. The summed E-state index contributed by atoms with van der Waals surface area (Å²) in [4.78, 5) is 12.9. The Kier molecular flexibility index (Phi) is 7.46. The van der Waals surface area contributed by atoms with Gasteiger partial charge in [-0.25, -0.2) is 12.8 Å². The standard InChI is InChI=1S/C26H23F4NO4S/c27-21-10-12-23(13-11-21)36(33,34)31-15-3-8-24(31)25(32)14-9-18-4-1-5-19(16-18)20-6-2-7-22(17-20)35-26(28,29)30/h1-2,4-7,10-13,16-17,24H,3,8-9,14-15H2/t24-/m0/s1. The van der Waals surface area contributed by atoms with Crippen LogP contribution in [0.15, 0.2) is 77.7 Å². The molecule has 3 aromatic carbocycles. The zero-order chi connectivity index (χ0) is 25.9. The number of hydrogen-bond donors (Lipinski definition) is 0. The number of halogens is 4. The fourth-order valence-electron chi connectivity index (χ4n) is 4.30. The van der Waals surface area contributed by atoms with Gasteiger partial charge in [0.1, 0.15) is 11.6 Å². The molecular weight excluding hydrogens is 498 g/mol. The zero-order valence-corrected chi connectivity index (χ0v) is 19.9. The minimum absolute atomic E-state index is 0.0620. The zero-order valence-electron chi connectivity index (χ0n) is 19.0. The monoisotopic (exact) mass is 521 g/mol. The van der Waals surface area contributed by atoms with Gasteiger partial charge in [-0.1, -0.05) is 36.4 Å². The van der Waals surface area contributed by atoms with Gasteiger partial charge in [0.15, 0.2) is 5.78 Å². The molecule has 0 aliphatic carbocycles. The maximum absolute atomic E-state index is 13.2. The van der Waals surface area contributed by atoms with Crippen molar-refractivity contribution in [1.82, 2.24) is 4.31 Å². The summed E-state index contributed by atoms with van der Waals surface area (Å²) in [7, 11) is -3.94. The van der Waals surface area contributed by atoms with Gasteiger partial charge in [0.05, 0.1) is 10.9 Å². The lowest BCUT2D eigenvalue weighted by Gasteiger charge is -2.23. The lowest BCUT2D eigenvalue weighted by Crippen LogP contribution is -2.40. The average molecular weight is 522 g/mol. The van der Waals surface area contributed by atoms with Gasteiger partial charge < -0.3 is 4.74 Å². The number of ether oxygens (including phenoxy) is 1. The number of benzene rings is 3. The van der Waals surface area contributed by atoms with Crippen LogP contribution in [-0.2, 0) is 21.2 Å². The number of ketones is 1. The Labute approximate surface area is 206 Å². The molecule has 0 radical (unpaired) electrons. The van der Waals surface area contributed by atoms with Crippen molar-refractivity contribution in [3.05, 3.63) is 84.2 Å². The third-order valence-electron chi connectivity index (χ3n) is 5.98. The summed E-state index contributed by atoms with van der Waals surface area (Å²) >= 11 is 0. The van der Waals surface area contributed by atoms with Crippen molar-refractivity contribution in [1.29, 1.82) is 0 Å². The van der Waals surface area contributed by atoms with E-state index in [0.717, 1.165) is 17.7 Å². The van der Waals surface area contributed by atoms with E-state index in [2.05, 4.69) is 4.74 Å². The number of hydrogen-bond acceptors (Lipinski definition) is 4. The Balaban J connectivity index is 1.45. The SMILES string of the molecule is O=C(CCc1cccc(-c2cccc(OC(F)(F)F)c2)c1)[C@@H]1CCCN1S(=O)(=O)c1ccc(F)cc1. The summed E-state index contributed by atoms with van der Waals surface area (Å²) in [6, 6.07) is 16.4. The molecule has 1 fully saturated rings. The highest BCUT2D eigenvalue weighted by Crippen LogP contribution is 2.30. The molecule has 0 unspecified atom stereocenters. The number of nitrogens with zero attached hydrogens (tertiary/aromatic N) is 1. The molecule has 1 aliphatic rings. The van der Waals surface area contributed by atoms with Crippen LogP contribution in [0, 0.1) is 5.82 Å². The summed E-state index contributed by atoms with van der Waals surface area (Å²) < 4.78 is 82.1. The van der Waals surface area contributed by atoms with Crippen LogP contribution in [0.4, 0.5) is 17.6 Å². The Hall–Kier alpha value is -3.24. The molecule has 3 aromatic rings. The summed E-state index contributed by atoms with van der Waals surface area (Å²) in [6.07, 6.45) is -3.40. The molecule has 36 heavy (non-hydrogen) atoms. The number of alkyl halides is 3. The first-order chi connectivity index (χ1) is 17.0. The van der Waals surface area contributed by atoms with Crippen molar-refractivity contribution in [2.75, 3.05) is 6.54 Å². The van der Waals surface area contributed by atoms with Crippen LogP contribution in [-0.4, -0.2) is 37.5 Å². The van der Waals surface area contributed by atoms with E-state index in [4.69, 9.17) is 0 Å². The van der Waals surface area contributed by atoms with E-state index in [9.17, 15) is 30.8 Å². The van der Waals surface area contributed by atoms with Crippen molar-refractivity contribution in [3.8, 4) is 16.9 Å². The Morgan fingerprint density at radius 3 is 2.33 bits per heavy atom. The second kappa shape index (κ2) is 10.4. The Morgan fingerprint density at radius 2 is 1.64 bits per heavy atom. The molecule has 0 amide bonds. The first kappa shape index (κ1) is 25.8. The second-order valence-electron chi connectivity index (χ2n) is 8.47. The minimum atomic E-state index is -4.79. The molecule has 0 bridgehead atoms. The van der Waals surface area contributed by atoms with Crippen LogP contribution in [0.1, 0.15) is 24.8 Å². The normalized spacial score (nSPS) is 16.7. The fraction of sp³-hybridized carbons (Fsp3) is 0.269. The number of Topliss-reactive ketones (excluding diaryl/α,β-unsaturated/α-hetero) is 1. The number of rotatable bonds is 8. The van der Waals surface area contributed by atoms with Crippen LogP contribution in [0.2, 0.25) is 0 Å². The van der Waals surface area contributed by atoms with E-state index in [1.54, 1.807) is 30.3 Å². The molecule has 0 aromatic heterocycles. The highest BCUT2D eigenvalue weighted by Gasteiger charge is 2.39. The van der Waals surface area contributed by atoms with Crippen molar-refractivity contribution in [2.45, 2.75) is 43.0 Å². The lowest BCUT2D eigenvalue weighted by molar-refractivity contribution is -0.274. The van der Waals surface area contributed by atoms with Gasteiger partial charge in [0, 0.05) is 13.0 Å². The van der Waals surface area contributed by atoms with Gasteiger partial charge in [0.2, 0.25) is 10.0 Å². The van der Waals surface area contributed by atoms with Crippen LogP contribution < -0.4 is 4.74 Å². The molecule has 1 heterocycles. The van der Waals surface area contributed by atoms with Gasteiger partial charge in [-0.15, -0.1) is 13.2 Å². The predicted molar refractivity (Wildman–Crippen MR) is 125 cm³/mol. The second-order valence-corrected chi connectivity index (χ2v) is 10.4. The highest BCUT2D eigenvalue weighted by molar-refractivity contribution is 7.89. The molecule has 1 saturated heterocycles. The van der Waals surface area contributed by atoms with E-state index >= 15 is 0 Å². The fourth-order valence-corrected chi connectivity index (χ4v) is 5.98. The third-order valence-corrected chi connectivity index (χ3v) is 7.91. The van der Waals surface area contributed by atoms with Gasteiger partial charge in [-0.3, -0.25) is 4.79 Å². The smallest absolute Gasteiger partial charge is 0.406 e. The van der Waals surface area contributed by atoms with Crippen molar-refractivity contribution >= 4 is 15.8 Å². The molecular formula is C26H23F4NO4S. The molecule has 190 valence electrons. The number of carbonyl (C=O) groups excluding carboxylic acids is 1. The highest BCUT2D eigenvalue weighted by atomic mass is 32.2. The van der Waals surface area contributed by atoms with E-state index in [-0.39, 0.29) is 29.4 Å². The molecule has 0 spiro atoms. The van der Waals surface area contributed by atoms with Crippen molar-refractivity contribution in [3.63, 3.8) is 0 Å². The summed E-state index contributed by atoms with van der Waals surface area (Å²) in [5.74, 6) is -1.10. The van der Waals surface area contributed by atoms with E-state index in [0.29, 0.717) is 30.4 Å². The molecule has 10 heteroatoms. The molecule has 1 atom stereocenters. The summed E-state index contributed by atoms with van der Waals surface area (Å²) in [5, 5.41) is 0. The maximum atomic E-state index is 13.2. The van der Waals surface area contributed by atoms with Crippen LogP contribution in [0.3, 0.4) is 0 Å². The van der Waals surface area contributed by atoms with Gasteiger partial charge >= 0.3 is 6.36 Å². The van der Waals surface area contributed by atoms with E-state index < -0.39 is 28.2 Å². The molecule has 0 saturated carbocycles. The first-order valence-corrected chi connectivity index (χ1v) is 12.7. The summed E-state index contributed by atoms with van der Waals surface area (Å²) in [5.41, 5.74) is 1.97. The molecule has 1 aliphatic heterocycles. The van der Waals surface area contributed by atoms with Gasteiger partial charge in [-0.2, -0.15) is 4.31 Å². The van der Waals surface area contributed by atoms with Crippen molar-refractivity contribution < 1.29 is 35.5 Å². The lowest BCUT2D eigenvalue weighted by atomic mass is 9.98. The Morgan fingerprint density at radius 1 is 0.972 bits per heavy atom.